The van der Waals surface area contributed by atoms with Crippen LogP contribution in [0.5, 0.6) is 5.75 Å². The van der Waals surface area contributed by atoms with Crippen LogP contribution in [0.1, 0.15) is 40.5 Å². The highest BCUT2D eigenvalue weighted by Crippen LogP contribution is 2.24. The molecule has 2 aromatic carbocycles. The number of carbonyl (C=O) groups excluding carboxylic acids is 3. The molecule has 0 fully saturated rings. The lowest BCUT2D eigenvalue weighted by Crippen LogP contribution is -2.47. The Bertz CT molecular complexity index is 898. The van der Waals surface area contributed by atoms with E-state index in [4.69, 9.17) is 9.84 Å². The molecule has 0 radical (unpaired) electrons. The van der Waals surface area contributed by atoms with E-state index < -0.39 is 49.2 Å². The minimum absolute atomic E-state index is 0.344. The molecule has 0 saturated carbocycles. The normalized spacial score (nSPS) is 10.5. The summed E-state index contributed by atoms with van der Waals surface area (Å²) in [4.78, 5) is 45.7. The summed E-state index contributed by atoms with van der Waals surface area (Å²) in [5.41, 5.74) is 0. The van der Waals surface area contributed by atoms with Crippen molar-refractivity contribution in [3.63, 3.8) is 0 Å². The molecule has 9 heteroatoms. The van der Waals surface area contributed by atoms with Gasteiger partial charge in [-0.1, -0.05) is 70.5 Å². The second-order valence-corrected chi connectivity index (χ2v) is 6.57. The third-order valence-corrected chi connectivity index (χ3v) is 3.79. The zero-order chi connectivity index (χ0) is 25.2. The second-order valence-electron chi connectivity index (χ2n) is 6.57. The van der Waals surface area contributed by atoms with Crippen molar-refractivity contribution in [1.29, 1.82) is 0 Å². The Morgan fingerprint density at radius 1 is 1.00 bits per heavy atom. The van der Waals surface area contributed by atoms with Gasteiger partial charge in [-0.05, 0) is 11.5 Å². The number of alkyl halides is 1. The molecule has 2 amide bonds. The molecule has 0 aliphatic rings. The van der Waals surface area contributed by atoms with E-state index in [1.165, 1.54) is 6.42 Å². The van der Waals surface area contributed by atoms with Gasteiger partial charge in [0.2, 0.25) is 5.91 Å². The van der Waals surface area contributed by atoms with Crippen LogP contribution < -0.4 is 15.4 Å². The minimum atomic E-state index is -1.49. The van der Waals surface area contributed by atoms with E-state index in [9.17, 15) is 23.6 Å². The number of nitrogens with one attached hydrogen (secondary N) is 2. The maximum absolute atomic E-state index is 12.4. The number of Topliss-reactive ketones (excluding diaryl/α,β-unsaturated/α-hetero) is 1. The topological polar surface area (TPSA) is 122 Å². The molecular formula is C24H33FN2O6. The van der Waals surface area contributed by atoms with Gasteiger partial charge in [0.25, 0.3) is 5.91 Å². The average Bonchev–Trinajstić information content (AvgIpc) is 2.82. The van der Waals surface area contributed by atoms with Crippen LogP contribution in [-0.2, 0) is 19.2 Å². The van der Waals surface area contributed by atoms with Crippen molar-refractivity contribution in [2.24, 2.45) is 0 Å². The van der Waals surface area contributed by atoms with Crippen molar-refractivity contribution in [3.8, 4) is 5.75 Å². The third-order valence-electron chi connectivity index (χ3n) is 3.79. The minimum Gasteiger partial charge on any atom is -0.483 e. The van der Waals surface area contributed by atoms with Gasteiger partial charge in [-0.25, -0.2) is 4.39 Å². The van der Waals surface area contributed by atoms with Gasteiger partial charge in [0, 0.05) is 5.39 Å². The van der Waals surface area contributed by atoms with Crippen LogP contribution in [0.4, 0.5) is 4.39 Å². The summed E-state index contributed by atoms with van der Waals surface area (Å²) >= 11 is 0. The van der Waals surface area contributed by atoms with Crippen LogP contribution in [0.25, 0.3) is 10.8 Å². The number of halogens is 1. The molecule has 0 bridgehead atoms. The van der Waals surface area contributed by atoms with Gasteiger partial charge in [0.15, 0.2) is 12.4 Å². The highest BCUT2D eigenvalue weighted by molar-refractivity contribution is 5.94. The molecule has 1 atom stereocenters. The first-order valence-corrected chi connectivity index (χ1v) is 10.8. The Morgan fingerprint density at radius 3 is 2.21 bits per heavy atom. The Hall–Kier alpha value is -3.49. The van der Waals surface area contributed by atoms with Crippen molar-refractivity contribution in [3.05, 3.63) is 42.5 Å². The fraction of sp³-hybridized carbons (Fsp3) is 0.417. The van der Waals surface area contributed by atoms with E-state index in [2.05, 4.69) is 24.5 Å². The van der Waals surface area contributed by atoms with Crippen molar-refractivity contribution < 1.29 is 33.4 Å². The van der Waals surface area contributed by atoms with Gasteiger partial charge in [0.1, 0.15) is 18.5 Å². The van der Waals surface area contributed by atoms with Crippen LogP contribution in [0.15, 0.2) is 42.5 Å². The van der Waals surface area contributed by atoms with Crippen LogP contribution >= 0.6 is 0 Å². The summed E-state index contributed by atoms with van der Waals surface area (Å²) in [6.07, 6.45) is 0.507. The second kappa shape index (κ2) is 17.1. The maximum Gasteiger partial charge on any atom is 0.305 e. The zero-order valence-corrected chi connectivity index (χ0v) is 19.5. The first-order valence-electron chi connectivity index (χ1n) is 10.8. The lowest BCUT2D eigenvalue weighted by atomic mass is 10.1. The Labute approximate surface area is 193 Å². The number of carboxylic acid groups (broad SMARTS) is 1. The van der Waals surface area contributed by atoms with Crippen molar-refractivity contribution in [2.75, 3.05) is 19.8 Å². The number of carbonyl (C=O) groups is 4. The predicted octanol–water partition coefficient (Wildman–Crippen LogP) is 3.28. The number of ether oxygens (including phenoxy) is 1. The lowest BCUT2D eigenvalue weighted by Gasteiger charge is -2.15. The average molecular weight is 465 g/mol. The summed E-state index contributed by atoms with van der Waals surface area (Å²) in [5, 5.41) is 14.9. The molecule has 0 aliphatic carbocycles. The van der Waals surface area contributed by atoms with Gasteiger partial charge in [0.05, 0.1) is 13.0 Å². The number of hydrogen-bond donors (Lipinski definition) is 3. The molecule has 182 valence electrons. The molecule has 0 heterocycles. The van der Waals surface area contributed by atoms with Crippen molar-refractivity contribution in [1.82, 2.24) is 10.6 Å². The first-order chi connectivity index (χ1) is 15.8. The van der Waals surface area contributed by atoms with Gasteiger partial charge >= 0.3 is 5.97 Å². The molecule has 8 nitrogen and oxygen atoms in total. The van der Waals surface area contributed by atoms with E-state index in [1.54, 1.807) is 12.1 Å². The molecule has 3 N–H and O–H groups in total. The molecule has 0 saturated heterocycles. The number of aliphatic carboxylic acids is 1. The van der Waals surface area contributed by atoms with Crippen molar-refractivity contribution in [2.45, 2.75) is 46.6 Å². The predicted molar refractivity (Wildman–Crippen MR) is 125 cm³/mol. The number of amides is 2. The molecule has 0 aromatic heterocycles. The van der Waals surface area contributed by atoms with Gasteiger partial charge < -0.3 is 20.5 Å². The Balaban J connectivity index is 0.00000189. The fourth-order valence-electron chi connectivity index (χ4n) is 2.45. The molecule has 0 spiro atoms. The highest BCUT2D eigenvalue weighted by atomic mass is 19.1. The quantitative estimate of drug-likeness (QED) is 0.496. The van der Waals surface area contributed by atoms with Crippen LogP contribution in [0.3, 0.4) is 0 Å². The molecule has 33 heavy (non-hydrogen) atoms. The number of benzene rings is 2. The smallest absolute Gasteiger partial charge is 0.305 e. The van der Waals surface area contributed by atoms with Gasteiger partial charge in [-0.15, -0.1) is 0 Å². The number of fused-ring (bicyclic) bond motifs is 1. The monoisotopic (exact) mass is 464 g/mol. The molecule has 1 unspecified atom stereocenters. The van der Waals surface area contributed by atoms with E-state index >= 15 is 0 Å². The number of rotatable bonds is 10. The van der Waals surface area contributed by atoms with E-state index in [-0.39, 0.29) is 6.61 Å². The highest BCUT2D eigenvalue weighted by Gasteiger charge is 2.23. The molecule has 0 aliphatic heterocycles. The Morgan fingerprint density at radius 2 is 1.61 bits per heavy atom. The molecular weight excluding hydrogens is 431 g/mol. The fourth-order valence-corrected chi connectivity index (χ4v) is 2.45. The standard InChI is InChI=1S/C19H19FN2O6.C3H8.C2H6/c20-9-15(23)14(8-19(26)27)22-17(24)10-21-18(25)11-28-16-7-3-5-12-4-1-2-6-13(12)16;1-3-2;1-2/h1-7,14H,8-11H2,(H,21,25)(H,22,24)(H,26,27);3H2,1-2H3;1-2H3. The number of ketones is 1. The maximum atomic E-state index is 12.4. The summed E-state index contributed by atoms with van der Waals surface area (Å²) in [5.74, 6) is -3.31. The number of carboxylic acids is 1. The van der Waals surface area contributed by atoms with Crippen LogP contribution in [0.2, 0.25) is 0 Å². The van der Waals surface area contributed by atoms with E-state index in [1.807, 2.05) is 44.2 Å². The number of hydrogen-bond acceptors (Lipinski definition) is 5. The van der Waals surface area contributed by atoms with Crippen LogP contribution in [0, 0.1) is 0 Å². The summed E-state index contributed by atoms with van der Waals surface area (Å²) < 4.78 is 17.9. The first kappa shape index (κ1) is 29.5. The summed E-state index contributed by atoms with van der Waals surface area (Å²) in [7, 11) is 0. The van der Waals surface area contributed by atoms with E-state index in [0.717, 1.165) is 10.8 Å². The third kappa shape index (κ3) is 11.6. The van der Waals surface area contributed by atoms with Crippen LogP contribution in [-0.4, -0.2) is 54.5 Å². The molecule has 2 aromatic rings. The van der Waals surface area contributed by atoms with E-state index in [0.29, 0.717) is 5.75 Å². The molecule has 2 rings (SSSR count). The van der Waals surface area contributed by atoms with Gasteiger partial charge in [-0.3, -0.25) is 19.2 Å². The lowest BCUT2D eigenvalue weighted by molar-refractivity contribution is -0.140. The largest absolute Gasteiger partial charge is 0.483 e. The SMILES string of the molecule is CC.CCC.O=C(O)CC(NC(=O)CNC(=O)COc1cccc2ccccc12)C(=O)CF. The zero-order valence-electron chi connectivity index (χ0n) is 19.5. The van der Waals surface area contributed by atoms with Gasteiger partial charge in [-0.2, -0.15) is 0 Å². The Kier molecular flexibility index (Phi) is 15.3. The summed E-state index contributed by atoms with van der Waals surface area (Å²) in [6.45, 7) is 6.00. The van der Waals surface area contributed by atoms with Crippen molar-refractivity contribution >= 4 is 34.3 Å². The summed E-state index contributed by atoms with van der Waals surface area (Å²) in [6, 6.07) is 11.4.